The predicted octanol–water partition coefficient (Wildman–Crippen LogP) is 1.19. The first-order valence-corrected chi connectivity index (χ1v) is 7.24. The number of methoxy groups -OCH3 is 1. The topological polar surface area (TPSA) is 47.6 Å². The molecule has 1 heterocycles. The Bertz CT molecular complexity index is 279. The Morgan fingerprint density at radius 2 is 2.24 bits per heavy atom. The van der Waals surface area contributed by atoms with Crippen LogP contribution in [0.2, 0.25) is 0 Å². The van der Waals surface area contributed by atoms with E-state index in [9.17, 15) is 4.79 Å². The SMILES string of the molecule is COC(=O)C(C)(CCSC1COC1)NC1CC1. The molecule has 4 nitrogen and oxygen atoms in total. The van der Waals surface area contributed by atoms with Crippen LogP contribution in [0.3, 0.4) is 0 Å². The summed E-state index contributed by atoms with van der Waals surface area (Å²) in [5, 5.41) is 4.03. The highest BCUT2D eigenvalue weighted by molar-refractivity contribution is 8.00. The van der Waals surface area contributed by atoms with Gasteiger partial charge in [-0.05, 0) is 31.9 Å². The first-order chi connectivity index (χ1) is 8.14. The zero-order valence-corrected chi connectivity index (χ0v) is 11.3. The fraction of sp³-hybridized carbons (Fsp3) is 0.917. The van der Waals surface area contributed by atoms with E-state index < -0.39 is 5.54 Å². The van der Waals surface area contributed by atoms with Crippen LogP contribution in [-0.2, 0) is 14.3 Å². The predicted molar refractivity (Wildman–Crippen MR) is 68.3 cm³/mol. The van der Waals surface area contributed by atoms with E-state index in [-0.39, 0.29) is 5.97 Å². The van der Waals surface area contributed by atoms with Crippen molar-refractivity contribution in [2.24, 2.45) is 0 Å². The molecule has 0 spiro atoms. The van der Waals surface area contributed by atoms with E-state index in [1.165, 1.54) is 20.0 Å². The number of rotatable bonds is 7. The van der Waals surface area contributed by atoms with Crippen molar-refractivity contribution >= 4 is 17.7 Å². The minimum absolute atomic E-state index is 0.144. The van der Waals surface area contributed by atoms with E-state index in [1.807, 2.05) is 18.7 Å². The Labute approximate surface area is 107 Å². The van der Waals surface area contributed by atoms with Gasteiger partial charge in [0.05, 0.1) is 25.6 Å². The van der Waals surface area contributed by atoms with Gasteiger partial charge in [-0.1, -0.05) is 0 Å². The standard InChI is InChI=1S/C12H21NO3S/c1-12(11(14)15-2,13-9-3-4-9)5-6-17-10-7-16-8-10/h9-10,13H,3-8H2,1-2H3. The fourth-order valence-electron chi connectivity index (χ4n) is 1.88. The number of nitrogens with one attached hydrogen (secondary N) is 1. The van der Waals surface area contributed by atoms with Crippen LogP contribution in [0, 0.1) is 0 Å². The van der Waals surface area contributed by atoms with Crippen LogP contribution in [0.15, 0.2) is 0 Å². The Morgan fingerprint density at radius 1 is 1.53 bits per heavy atom. The smallest absolute Gasteiger partial charge is 0.325 e. The maximum Gasteiger partial charge on any atom is 0.325 e. The van der Waals surface area contributed by atoms with Crippen molar-refractivity contribution < 1.29 is 14.3 Å². The summed E-state index contributed by atoms with van der Waals surface area (Å²) in [6.07, 6.45) is 3.17. The molecule has 1 unspecified atom stereocenters. The lowest BCUT2D eigenvalue weighted by molar-refractivity contribution is -0.148. The van der Waals surface area contributed by atoms with E-state index in [1.54, 1.807) is 0 Å². The molecule has 0 aromatic rings. The van der Waals surface area contributed by atoms with Crippen molar-refractivity contribution in [3.8, 4) is 0 Å². The van der Waals surface area contributed by atoms with Crippen LogP contribution in [0.5, 0.6) is 0 Å². The van der Waals surface area contributed by atoms with Crippen LogP contribution in [0.4, 0.5) is 0 Å². The number of esters is 1. The molecule has 1 saturated carbocycles. The molecular formula is C12H21NO3S. The number of ether oxygens (including phenoxy) is 2. The second-order valence-electron chi connectivity index (χ2n) is 5.02. The van der Waals surface area contributed by atoms with Gasteiger partial charge in [-0.25, -0.2) is 0 Å². The molecular weight excluding hydrogens is 238 g/mol. The Balaban J connectivity index is 1.78. The molecule has 2 fully saturated rings. The molecule has 0 aromatic carbocycles. The normalized spacial score (nSPS) is 23.9. The molecule has 17 heavy (non-hydrogen) atoms. The lowest BCUT2D eigenvalue weighted by Gasteiger charge is -2.30. The number of thioether (sulfide) groups is 1. The van der Waals surface area contributed by atoms with Gasteiger partial charge in [0.25, 0.3) is 0 Å². The highest BCUT2D eigenvalue weighted by Gasteiger charge is 2.39. The molecule has 2 aliphatic rings. The third kappa shape index (κ3) is 3.60. The highest BCUT2D eigenvalue weighted by atomic mass is 32.2. The number of carbonyl (C=O) groups is 1. The van der Waals surface area contributed by atoms with Gasteiger partial charge in [0.2, 0.25) is 0 Å². The largest absolute Gasteiger partial charge is 0.468 e. The monoisotopic (exact) mass is 259 g/mol. The first-order valence-electron chi connectivity index (χ1n) is 6.19. The Kier molecular flexibility index (Phi) is 4.33. The summed E-state index contributed by atoms with van der Waals surface area (Å²) in [6.45, 7) is 3.67. The molecule has 0 amide bonds. The Hall–Kier alpha value is -0.260. The molecule has 1 N–H and O–H groups in total. The summed E-state index contributed by atoms with van der Waals surface area (Å²) < 4.78 is 10.0. The van der Waals surface area contributed by atoms with Crippen molar-refractivity contribution in [3.05, 3.63) is 0 Å². The molecule has 98 valence electrons. The van der Waals surface area contributed by atoms with Crippen LogP contribution < -0.4 is 5.32 Å². The van der Waals surface area contributed by atoms with Crippen molar-refractivity contribution in [1.29, 1.82) is 0 Å². The van der Waals surface area contributed by atoms with E-state index in [4.69, 9.17) is 9.47 Å². The highest BCUT2D eigenvalue weighted by Crippen LogP contribution is 2.27. The summed E-state index contributed by atoms with van der Waals surface area (Å²) in [5.41, 5.74) is -0.520. The fourth-order valence-corrected chi connectivity index (χ4v) is 3.12. The molecule has 2 rings (SSSR count). The number of hydrogen-bond acceptors (Lipinski definition) is 5. The summed E-state index contributed by atoms with van der Waals surface area (Å²) >= 11 is 1.89. The summed E-state index contributed by atoms with van der Waals surface area (Å²) in [5.74, 6) is 0.828. The second kappa shape index (κ2) is 5.59. The zero-order chi connectivity index (χ0) is 12.3. The van der Waals surface area contributed by atoms with Crippen LogP contribution in [-0.4, -0.2) is 48.9 Å². The number of carbonyl (C=O) groups excluding carboxylic acids is 1. The van der Waals surface area contributed by atoms with E-state index in [2.05, 4.69) is 5.32 Å². The average molecular weight is 259 g/mol. The zero-order valence-electron chi connectivity index (χ0n) is 10.5. The lowest BCUT2D eigenvalue weighted by atomic mass is 9.99. The quantitative estimate of drug-likeness (QED) is 0.696. The molecule has 1 atom stereocenters. The van der Waals surface area contributed by atoms with Gasteiger partial charge in [-0.15, -0.1) is 0 Å². The van der Waals surface area contributed by atoms with Crippen molar-refractivity contribution in [3.63, 3.8) is 0 Å². The van der Waals surface area contributed by atoms with Gasteiger partial charge in [0, 0.05) is 6.04 Å². The maximum absolute atomic E-state index is 11.8. The van der Waals surface area contributed by atoms with Crippen LogP contribution >= 0.6 is 11.8 Å². The minimum Gasteiger partial charge on any atom is -0.468 e. The van der Waals surface area contributed by atoms with Crippen LogP contribution in [0.1, 0.15) is 26.2 Å². The minimum atomic E-state index is -0.520. The van der Waals surface area contributed by atoms with Crippen molar-refractivity contribution in [2.75, 3.05) is 26.1 Å². The lowest BCUT2D eigenvalue weighted by Crippen LogP contribution is -2.51. The van der Waals surface area contributed by atoms with Gasteiger partial charge < -0.3 is 9.47 Å². The molecule has 0 aromatic heterocycles. The number of hydrogen-bond donors (Lipinski definition) is 1. The molecule has 0 radical (unpaired) electrons. The third-order valence-corrected chi connectivity index (χ3v) is 4.48. The molecule has 5 heteroatoms. The van der Waals surface area contributed by atoms with Crippen LogP contribution in [0.25, 0.3) is 0 Å². The van der Waals surface area contributed by atoms with Gasteiger partial charge >= 0.3 is 5.97 Å². The average Bonchev–Trinajstić information content (AvgIpc) is 3.04. The molecule has 1 aliphatic carbocycles. The molecule has 1 aliphatic heterocycles. The van der Waals surface area contributed by atoms with Crippen molar-refractivity contribution in [2.45, 2.75) is 43.0 Å². The summed E-state index contributed by atoms with van der Waals surface area (Å²) in [7, 11) is 1.46. The third-order valence-electron chi connectivity index (χ3n) is 3.30. The molecule has 1 saturated heterocycles. The first kappa shape index (κ1) is 13.2. The molecule has 0 bridgehead atoms. The maximum atomic E-state index is 11.8. The van der Waals surface area contributed by atoms with Gasteiger partial charge in [-0.2, -0.15) is 11.8 Å². The van der Waals surface area contributed by atoms with Crippen molar-refractivity contribution in [1.82, 2.24) is 5.32 Å². The summed E-state index contributed by atoms with van der Waals surface area (Å²) in [4.78, 5) is 11.8. The van der Waals surface area contributed by atoms with E-state index in [0.29, 0.717) is 11.3 Å². The van der Waals surface area contributed by atoms with Gasteiger partial charge in [0.15, 0.2) is 0 Å². The second-order valence-corrected chi connectivity index (χ2v) is 6.43. The summed E-state index contributed by atoms with van der Waals surface area (Å²) in [6, 6.07) is 0.510. The van der Waals surface area contributed by atoms with Gasteiger partial charge in [-0.3, -0.25) is 10.1 Å². The van der Waals surface area contributed by atoms with Gasteiger partial charge in [0.1, 0.15) is 5.54 Å². The van der Waals surface area contributed by atoms with E-state index >= 15 is 0 Å². The Morgan fingerprint density at radius 3 is 2.71 bits per heavy atom. The van der Waals surface area contributed by atoms with E-state index in [0.717, 1.165) is 25.4 Å².